The summed E-state index contributed by atoms with van der Waals surface area (Å²) in [6.07, 6.45) is 0. The number of aryl methyl sites for hydroxylation is 1. The molecule has 0 aliphatic carbocycles. The van der Waals surface area contributed by atoms with Crippen LogP contribution in [0.5, 0.6) is 0 Å². The Morgan fingerprint density at radius 3 is 2.56 bits per heavy atom. The van der Waals surface area contributed by atoms with Gasteiger partial charge in [0.1, 0.15) is 11.6 Å². The van der Waals surface area contributed by atoms with Crippen LogP contribution in [0.2, 0.25) is 0 Å². The largest absolute Gasteiger partial charge is 0.480 e. The third-order valence-electron chi connectivity index (χ3n) is 3.08. The van der Waals surface area contributed by atoms with Gasteiger partial charge in [-0.1, -0.05) is 6.07 Å². The Morgan fingerprint density at radius 2 is 2.11 bits per heavy atom. The van der Waals surface area contributed by atoms with Crippen molar-refractivity contribution >= 4 is 11.7 Å². The predicted octanol–water partition coefficient (Wildman–Crippen LogP) is 2.56. The first-order valence-corrected chi connectivity index (χ1v) is 5.86. The number of nitrogens with zero attached hydrogens (tertiary/aromatic N) is 2. The highest BCUT2D eigenvalue weighted by molar-refractivity contribution is 5.83. The van der Waals surface area contributed by atoms with Crippen molar-refractivity contribution in [2.75, 3.05) is 11.4 Å². The van der Waals surface area contributed by atoms with Crippen molar-refractivity contribution < 1.29 is 9.90 Å². The summed E-state index contributed by atoms with van der Waals surface area (Å²) < 4.78 is 0. The second-order valence-corrected chi connectivity index (χ2v) is 4.74. The first-order valence-electron chi connectivity index (χ1n) is 5.86. The van der Waals surface area contributed by atoms with Crippen LogP contribution in [0, 0.1) is 18.3 Å². The van der Waals surface area contributed by atoms with Crippen molar-refractivity contribution in [3.63, 3.8) is 0 Å². The van der Waals surface area contributed by atoms with E-state index in [0.717, 1.165) is 5.56 Å². The van der Waals surface area contributed by atoms with Crippen molar-refractivity contribution in [3.05, 3.63) is 29.3 Å². The van der Waals surface area contributed by atoms with Gasteiger partial charge < -0.3 is 10.0 Å². The van der Waals surface area contributed by atoms with Crippen LogP contribution < -0.4 is 4.90 Å². The van der Waals surface area contributed by atoms with Crippen molar-refractivity contribution in [1.29, 1.82) is 5.26 Å². The summed E-state index contributed by atoms with van der Waals surface area (Å²) in [7, 11) is 0. The van der Waals surface area contributed by atoms with Crippen LogP contribution in [-0.4, -0.2) is 23.2 Å². The van der Waals surface area contributed by atoms with Crippen LogP contribution in [0.4, 0.5) is 5.69 Å². The molecule has 96 valence electrons. The zero-order chi connectivity index (χ0) is 13.9. The van der Waals surface area contributed by atoms with Gasteiger partial charge in [-0.25, -0.2) is 4.79 Å². The number of hydrogen-bond acceptors (Lipinski definition) is 3. The average molecular weight is 246 g/mol. The molecule has 0 atom stereocenters. The molecule has 0 radical (unpaired) electrons. The fourth-order valence-electron chi connectivity index (χ4n) is 1.96. The lowest BCUT2D eigenvalue weighted by molar-refractivity contribution is -0.142. The molecule has 0 spiro atoms. The number of benzene rings is 1. The quantitative estimate of drug-likeness (QED) is 0.886. The van der Waals surface area contributed by atoms with E-state index < -0.39 is 11.5 Å². The van der Waals surface area contributed by atoms with E-state index in [0.29, 0.717) is 17.8 Å². The Balaban J connectivity index is 3.35. The topological polar surface area (TPSA) is 64.3 Å². The van der Waals surface area contributed by atoms with Gasteiger partial charge in [0.2, 0.25) is 0 Å². The minimum atomic E-state index is -1.05. The van der Waals surface area contributed by atoms with Crippen LogP contribution >= 0.6 is 0 Å². The molecule has 0 fully saturated rings. The third kappa shape index (κ3) is 2.45. The Hall–Kier alpha value is -2.02. The summed E-state index contributed by atoms with van der Waals surface area (Å²) in [6, 6.07) is 7.59. The van der Waals surface area contributed by atoms with Crippen LogP contribution in [0.3, 0.4) is 0 Å². The van der Waals surface area contributed by atoms with E-state index in [1.165, 1.54) is 0 Å². The third-order valence-corrected chi connectivity index (χ3v) is 3.08. The molecule has 4 nitrogen and oxygen atoms in total. The number of hydrogen-bond donors (Lipinski definition) is 1. The molecule has 0 amide bonds. The van der Waals surface area contributed by atoms with Gasteiger partial charge in [-0.2, -0.15) is 5.26 Å². The second kappa shape index (κ2) is 5.09. The summed E-state index contributed by atoms with van der Waals surface area (Å²) in [4.78, 5) is 13.1. The molecule has 0 saturated heterocycles. The smallest absolute Gasteiger partial charge is 0.328 e. The second-order valence-electron chi connectivity index (χ2n) is 4.74. The molecule has 1 aromatic carbocycles. The highest BCUT2D eigenvalue weighted by Crippen LogP contribution is 2.28. The van der Waals surface area contributed by atoms with E-state index >= 15 is 0 Å². The van der Waals surface area contributed by atoms with E-state index in [4.69, 9.17) is 5.26 Å². The zero-order valence-corrected chi connectivity index (χ0v) is 11.2. The Morgan fingerprint density at radius 1 is 1.50 bits per heavy atom. The lowest BCUT2D eigenvalue weighted by Crippen LogP contribution is -2.50. The monoisotopic (exact) mass is 246 g/mol. The number of aliphatic carboxylic acids is 1. The minimum Gasteiger partial charge on any atom is -0.480 e. The van der Waals surface area contributed by atoms with Gasteiger partial charge >= 0.3 is 5.97 Å². The van der Waals surface area contributed by atoms with Gasteiger partial charge in [-0.3, -0.25) is 0 Å². The maximum Gasteiger partial charge on any atom is 0.328 e. The first kappa shape index (κ1) is 14.0. The van der Waals surface area contributed by atoms with Crippen molar-refractivity contribution in [2.45, 2.75) is 33.2 Å². The van der Waals surface area contributed by atoms with E-state index in [9.17, 15) is 9.90 Å². The van der Waals surface area contributed by atoms with Crippen LogP contribution in [-0.2, 0) is 4.79 Å². The lowest BCUT2D eigenvalue weighted by Gasteiger charge is -2.36. The fourth-order valence-corrected chi connectivity index (χ4v) is 1.96. The Bertz CT molecular complexity index is 501. The van der Waals surface area contributed by atoms with Crippen LogP contribution in [0.25, 0.3) is 0 Å². The number of nitriles is 1. The Kier molecular flexibility index (Phi) is 3.97. The van der Waals surface area contributed by atoms with E-state index in [2.05, 4.69) is 6.07 Å². The molecule has 1 rings (SSSR count). The number of anilines is 1. The Labute approximate surface area is 107 Å². The maximum atomic E-state index is 11.3. The van der Waals surface area contributed by atoms with Gasteiger partial charge in [0.05, 0.1) is 11.3 Å². The number of carbonyl (C=O) groups is 1. The van der Waals surface area contributed by atoms with Crippen LogP contribution in [0.1, 0.15) is 31.9 Å². The number of likely N-dealkylation sites (N-methyl/N-ethyl adjacent to an activating group) is 1. The van der Waals surface area contributed by atoms with E-state index in [-0.39, 0.29) is 0 Å². The molecule has 18 heavy (non-hydrogen) atoms. The van der Waals surface area contributed by atoms with Gasteiger partial charge in [-0.15, -0.1) is 0 Å². The fraction of sp³-hybridized carbons (Fsp3) is 0.429. The van der Waals surface area contributed by atoms with Crippen LogP contribution in [0.15, 0.2) is 18.2 Å². The van der Waals surface area contributed by atoms with Crippen molar-refractivity contribution in [1.82, 2.24) is 0 Å². The van der Waals surface area contributed by atoms with Gasteiger partial charge in [-0.05, 0) is 45.4 Å². The molecule has 0 bridgehead atoms. The highest BCUT2D eigenvalue weighted by atomic mass is 16.4. The lowest BCUT2D eigenvalue weighted by atomic mass is 9.99. The standard InChI is InChI=1S/C14H18N2O2/c1-5-16(14(3,4)13(17)18)12-7-6-10(2)8-11(12)9-15/h6-8H,5H2,1-4H3,(H,17,18). The van der Waals surface area contributed by atoms with Gasteiger partial charge in [0, 0.05) is 6.54 Å². The number of rotatable bonds is 4. The molecule has 0 aliphatic heterocycles. The van der Waals surface area contributed by atoms with Crippen molar-refractivity contribution in [3.8, 4) is 6.07 Å². The number of carboxylic acid groups (broad SMARTS) is 1. The minimum absolute atomic E-state index is 0.506. The summed E-state index contributed by atoms with van der Waals surface area (Å²) >= 11 is 0. The summed E-state index contributed by atoms with van der Waals surface area (Å²) in [6.45, 7) is 7.59. The summed E-state index contributed by atoms with van der Waals surface area (Å²) in [5.74, 6) is -0.909. The molecule has 4 heteroatoms. The van der Waals surface area contributed by atoms with E-state index in [1.807, 2.05) is 26.0 Å². The van der Waals surface area contributed by atoms with E-state index in [1.54, 1.807) is 24.8 Å². The SMILES string of the molecule is CCN(c1ccc(C)cc1C#N)C(C)(C)C(=O)O. The highest BCUT2D eigenvalue weighted by Gasteiger charge is 2.34. The molecule has 0 aliphatic rings. The molecule has 0 saturated carbocycles. The summed E-state index contributed by atoms with van der Waals surface area (Å²) in [5.41, 5.74) is 1.11. The normalized spacial score (nSPS) is 10.8. The first-order chi connectivity index (χ1) is 8.34. The molecule has 0 heterocycles. The maximum absolute atomic E-state index is 11.3. The molecular weight excluding hydrogens is 228 g/mol. The van der Waals surface area contributed by atoms with Gasteiger partial charge in [0.25, 0.3) is 0 Å². The predicted molar refractivity (Wildman–Crippen MR) is 70.6 cm³/mol. The van der Waals surface area contributed by atoms with Crippen molar-refractivity contribution in [2.24, 2.45) is 0 Å². The molecule has 1 N–H and O–H groups in total. The average Bonchev–Trinajstić information content (AvgIpc) is 2.31. The number of carboxylic acids is 1. The molecule has 1 aromatic rings. The van der Waals surface area contributed by atoms with Gasteiger partial charge in [0.15, 0.2) is 0 Å². The zero-order valence-electron chi connectivity index (χ0n) is 11.2. The summed E-state index contributed by atoms with van der Waals surface area (Å²) in [5, 5.41) is 18.5. The molecule has 0 aromatic heterocycles. The molecule has 0 unspecified atom stereocenters. The molecular formula is C14H18N2O2.